The predicted molar refractivity (Wildman–Crippen MR) is 31.4 cm³/mol. The molecule has 1 N–H and O–H groups in total. The Balaban J connectivity index is 4.21. The van der Waals surface area contributed by atoms with Crippen molar-refractivity contribution < 1.29 is 26.3 Å². The zero-order chi connectivity index (χ0) is 9.02. The molecule has 0 bridgehead atoms. The van der Waals surface area contributed by atoms with Crippen LogP contribution in [0.5, 0.6) is 0 Å². The van der Waals surface area contributed by atoms with Crippen molar-refractivity contribution in [3.05, 3.63) is 0 Å². The quantitative estimate of drug-likeness (QED) is 0.538. The second-order valence-corrected chi connectivity index (χ2v) is 2.84. The van der Waals surface area contributed by atoms with Gasteiger partial charge >= 0.3 is 0 Å². The standard InChI is InChI=1S/C4H6F4O2S/c5-1-2(6)3(4(7)8)11(9)10/h2-4H,1H2,(H,9,10). The van der Waals surface area contributed by atoms with Gasteiger partial charge in [0.05, 0.1) is 0 Å². The summed E-state index contributed by atoms with van der Waals surface area (Å²) < 4.78 is 64.8. The lowest BCUT2D eigenvalue weighted by Gasteiger charge is -2.13. The van der Waals surface area contributed by atoms with E-state index in [1.807, 2.05) is 0 Å². The summed E-state index contributed by atoms with van der Waals surface area (Å²) in [6.45, 7) is -1.68. The summed E-state index contributed by atoms with van der Waals surface area (Å²) in [4.78, 5) is 0. The normalized spacial score (nSPS) is 19.8. The van der Waals surface area contributed by atoms with E-state index >= 15 is 0 Å². The maximum Gasteiger partial charge on any atom is 0.258 e. The van der Waals surface area contributed by atoms with E-state index in [0.29, 0.717) is 0 Å². The van der Waals surface area contributed by atoms with E-state index < -0.39 is 35.6 Å². The zero-order valence-electron chi connectivity index (χ0n) is 5.21. The molecule has 0 fully saturated rings. The van der Waals surface area contributed by atoms with Crippen molar-refractivity contribution in [1.29, 1.82) is 0 Å². The van der Waals surface area contributed by atoms with Crippen LogP contribution in [0.3, 0.4) is 0 Å². The fourth-order valence-electron chi connectivity index (χ4n) is 0.460. The van der Waals surface area contributed by atoms with Gasteiger partial charge in [0, 0.05) is 0 Å². The van der Waals surface area contributed by atoms with Crippen LogP contribution in [0.2, 0.25) is 0 Å². The fraction of sp³-hybridized carbons (Fsp3) is 1.00. The average Bonchev–Trinajstić information content (AvgIpc) is 1.85. The highest BCUT2D eigenvalue weighted by Crippen LogP contribution is 2.14. The molecule has 0 amide bonds. The first-order chi connectivity index (χ1) is 5.00. The fourth-order valence-corrected chi connectivity index (χ4v) is 0.961. The first-order valence-electron chi connectivity index (χ1n) is 2.58. The van der Waals surface area contributed by atoms with Crippen molar-refractivity contribution in [1.82, 2.24) is 0 Å². The van der Waals surface area contributed by atoms with Gasteiger partial charge in [-0.3, -0.25) is 0 Å². The number of halogens is 4. The van der Waals surface area contributed by atoms with E-state index in [4.69, 9.17) is 4.55 Å². The summed E-state index contributed by atoms with van der Waals surface area (Å²) in [5.74, 6) is 0. The van der Waals surface area contributed by atoms with Gasteiger partial charge < -0.3 is 4.55 Å². The molecule has 0 saturated carbocycles. The van der Waals surface area contributed by atoms with Crippen LogP contribution in [0.25, 0.3) is 0 Å². The van der Waals surface area contributed by atoms with Crippen molar-refractivity contribution in [3.63, 3.8) is 0 Å². The van der Waals surface area contributed by atoms with E-state index in [2.05, 4.69) is 0 Å². The molecule has 0 heterocycles. The molecular weight excluding hydrogens is 188 g/mol. The lowest BCUT2D eigenvalue weighted by Crippen LogP contribution is -2.35. The SMILES string of the molecule is O=S(O)C(C(F)F)C(F)CF. The highest BCUT2D eigenvalue weighted by Gasteiger charge is 2.35. The second-order valence-electron chi connectivity index (χ2n) is 1.75. The van der Waals surface area contributed by atoms with Gasteiger partial charge in [0.2, 0.25) is 0 Å². The molecule has 0 aromatic rings. The van der Waals surface area contributed by atoms with E-state index in [1.54, 1.807) is 0 Å². The summed E-state index contributed by atoms with van der Waals surface area (Å²) in [6, 6.07) is 0. The van der Waals surface area contributed by atoms with Gasteiger partial charge in [-0.25, -0.2) is 21.8 Å². The largest absolute Gasteiger partial charge is 0.306 e. The van der Waals surface area contributed by atoms with E-state index in [0.717, 1.165) is 0 Å². The second kappa shape index (κ2) is 4.66. The molecule has 68 valence electrons. The average molecular weight is 194 g/mol. The van der Waals surface area contributed by atoms with Crippen LogP contribution in [0.15, 0.2) is 0 Å². The smallest absolute Gasteiger partial charge is 0.258 e. The Morgan fingerprint density at radius 3 is 1.91 bits per heavy atom. The molecule has 0 aromatic heterocycles. The van der Waals surface area contributed by atoms with Crippen molar-refractivity contribution >= 4 is 11.1 Å². The predicted octanol–water partition coefficient (Wildman–Crippen LogP) is 1.15. The van der Waals surface area contributed by atoms with Gasteiger partial charge in [0.1, 0.15) is 6.67 Å². The van der Waals surface area contributed by atoms with Crippen LogP contribution >= 0.6 is 0 Å². The Morgan fingerprint density at radius 2 is 1.82 bits per heavy atom. The third kappa shape index (κ3) is 3.15. The Bertz CT molecular complexity index is 142. The molecule has 0 aromatic carbocycles. The summed E-state index contributed by atoms with van der Waals surface area (Å²) in [7, 11) is 0. The first-order valence-corrected chi connectivity index (χ1v) is 3.75. The highest BCUT2D eigenvalue weighted by molar-refractivity contribution is 7.80. The summed E-state index contributed by atoms with van der Waals surface area (Å²) in [5, 5.41) is -2.44. The Labute approximate surface area is 62.9 Å². The highest BCUT2D eigenvalue weighted by atomic mass is 32.2. The Morgan fingerprint density at radius 1 is 1.36 bits per heavy atom. The van der Waals surface area contributed by atoms with Crippen LogP contribution in [-0.4, -0.2) is 33.3 Å². The summed E-state index contributed by atoms with van der Waals surface area (Å²) >= 11 is -3.03. The van der Waals surface area contributed by atoms with Crippen molar-refractivity contribution in [2.45, 2.75) is 17.8 Å². The first kappa shape index (κ1) is 10.8. The minimum absolute atomic E-state index is 1.68. The van der Waals surface area contributed by atoms with Crippen LogP contribution < -0.4 is 0 Å². The van der Waals surface area contributed by atoms with Crippen molar-refractivity contribution in [3.8, 4) is 0 Å². The summed E-state index contributed by atoms with van der Waals surface area (Å²) in [5.41, 5.74) is 0. The third-order valence-electron chi connectivity index (χ3n) is 0.985. The molecule has 0 rings (SSSR count). The molecular formula is C4H6F4O2S. The number of rotatable bonds is 4. The van der Waals surface area contributed by atoms with Crippen LogP contribution in [0.4, 0.5) is 17.6 Å². The molecule has 0 aliphatic heterocycles. The van der Waals surface area contributed by atoms with Gasteiger partial charge in [0.25, 0.3) is 6.43 Å². The monoisotopic (exact) mass is 194 g/mol. The van der Waals surface area contributed by atoms with Crippen LogP contribution in [0.1, 0.15) is 0 Å². The van der Waals surface area contributed by atoms with E-state index in [1.165, 1.54) is 0 Å². The lowest BCUT2D eigenvalue weighted by molar-refractivity contribution is 0.0944. The molecule has 0 aliphatic carbocycles. The van der Waals surface area contributed by atoms with Gasteiger partial charge in [-0.05, 0) is 0 Å². The molecule has 0 radical (unpaired) electrons. The minimum atomic E-state index is -3.33. The third-order valence-corrected chi connectivity index (χ3v) is 1.95. The molecule has 2 nitrogen and oxygen atoms in total. The maximum absolute atomic E-state index is 12.1. The van der Waals surface area contributed by atoms with Gasteiger partial charge in [-0.15, -0.1) is 0 Å². The summed E-state index contributed by atoms with van der Waals surface area (Å²) in [6.07, 6.45) is -5.91. The molecule has 3 unspecified atom stereocenters. The Kier molecular flexibility index (Phi) is 4.58. The van der Waals surface area contributed by atoms with Gasteiger partial charge in [-0.1, -0.05) is 0 Å². The van der Waals surface area contributed by atoms with Gasteiger partial charge in [-0.2, -0.15) is 0 Å². The maximum atomic E-state index is 12.1. The van der Waals surface area contributed by atoms with Crippen molar-refractivity contribution in [2.24, 2.45) is 0 Å². The van der Waals surface area contributed by atoms with E-state index in [9.17, 15) is 21.8 Å². The molecule has 7 heteroatoms. The molecule has 0 saturated heterocycles. The van der Waals surface area contributed by atoms with Crippen LogP contribution in [-0.2, 0) is 11.1 Å². The molecule has 11 heavy (non-hydrogen) atoms. The number of hydrogen-bond donors (Lipinski definition) is 1. The number of alkyl halides is 4. The number of hydrogen-bond acceptors (Lipinski definition) is 1. The van der Waals surface area contributed by atoms with Crippen LogP contribution in [0, 0.1) is 0 Å². The topological polar surface area (TPSA) is 37.3 Å². The zero-order valence-corrected chi connectivity index (χ0v) is 6.03. The molecule has 0 aliphatic rings. The van der Waals surface area contributed by atoms with Crippen molar-refractivity contribution in [2.75, 3.05) is 6.67 Å². The van der Waals surface area contributed by atoms with E-state index in [-0.39, 0.29) is 0 Å². The molecule has 0 spiro atoms. The lowest BCUT2D eigenvalue weighted by atomic mass is 10.3. The molecule has 3 atom stereocenters. The Hall–Kier alpha value is -0.170. The van der Waals surface area contributed by atoms with Gasteiger partial charge in [0.15, 0.2) is 22.5 Å². The minimum Gasteiger partial charge on any atom is -0.306 e.